The Bertz CT molecular complexity index is 1110. The Kier molecular flexibility index (Phi) is 7.75. The molecule has 5 aliphatic rings. The largest absolute Gasteiger partial charge is 0.481 e. The topological polar surface area (TPSA) is 117 Å². The molecule has 3 saturated carbocycles. The number of amides is 1. The number of hydrogen-bond donors (Lipinski definition) is 3. The van der Waals surface area contributed by atoms with Gasteiger partial charge < -0.3 is 25.1 Å². The SMILES string of the molecule is CC1(C)C[C@H]([C@H](CC(=O)O)NC(=O)CON=C2C=C[C@@]3(C)C(=C2)CC[C@@H]2[C@H]3CC[C@@]3(C)[C@H]2CC[C@]3(C)O)CCO1. The predicted molar refractivity (Wildman–Crippen MR) is 153 cm³/mol. The second-order valence-electron chi connectivity index (χ2n) is 14.4. The first-order chi connectivity index (χ1) is 18.7. The molecule has 40 heavy (non-hydrogen) atoms. The number of aliphatic hydroxyl groups is 1. The van der Waals surface area contributed by atoms with Crippen molar-refractivity contribution in [3.05, 3.63) is 23.8 Å². The first-order valence-electron chi connectivity index (χ1n) is 15.2. The van der Waals surface area contributed by atoms with Gasteiger partial charge in [0.1, 0.15) is 5.71 Å². The maximum atomic E-state index is 12.7. The minimum Gasteiger partial charge on any atom is -0.481 e. The van der Waals surface area contributed by atoms with Gasteiger partial charge in [-0.2, -0.15) is 0 Å². The quantitative estimate of drug-likeness (QED) is 0.380. The van der Waals surface area contributed by atoms with Crippen molar-refractivity contribution in [1.29, 1.82) is 0 Å². The first kappa shape index (κ1) is 29.3. The standard InChI is InChI=1S/C32H48N2O6/c1-29(2)18-20(11-15-39-29)26(17-28(36)37)33-27(35)19-40-34-22-8-12-30(3)21(16-22)6-7-23-24(30)9-13-31(4)25(23)10-14-32(31,5)38/h8,12,16,20,23-26,38H,6-7,9-11,13-15,17-19H2,1-5H3,(H,33,35)(H,36,37)/t20-,23-,24-,25+,26+,30+,31+,32+/m1/s1. The van der Waals surface area contributed by atoms with Gasteiger partial charge in [-0.1, -0.05) is 30.7 Å². The summed E-state index contributed by atoms with van der Waals surface area (Å²) in [5.74, 6) is 0.483. The fraction of sp³-hybridized carbons (Fsp3) is 0.781. The number of aliphatic carboxylic acids is 1. The van der Waals surface area contributed by atoms with E-state index in [0.29, 0.717) is 42.9 Å². The van der Waals surface area contributed by atoms with Crippen LogP contribution in [0.5, 0.6) is 0 Å². The van der Waals surface area contributed by atoms with Crippen LogP contribution >= 0.6 is 0 Å². The zero-order valence-corrected chi connectivity index (χ0v) is 24.9. The van der Waals surface area contributed by atoms with Crippen molar-refractivity contribution in [3.8, 4) is 0 Å². The van der Waals surface area contributed by atoms with Gasteiger partial charge in [-0.05, 0) is 113 Å². The molecule has 1 aliphatic heterocycles. The van der Waals surface area contributed by atoms with Gasteiger partial charge in [0.05, 0.1) is 17.6 Å². The molecule has 0 aromatic heterocycles. The zero-order valence-electron chi connectivity index (χ0n) is 24.9. The summed E-state index contributed by atoms with van der Waals surface area (Å²) < 4.78 is 5.77. The third-order valence-corrected chi connectivity index (χ3v) is 11.5. The van der Waals surface area contributed by atoms with Crippen LogP contribution in [0, 0.1) is 34.5 Å². The van der Waals surface area contributed by atoms with E-state index < -0.39 is 17.6 Å². The number of nitrogens with one attached hydrogen (secondary N) is 1. The van der Waals surface area contributed by atoms with Crippen LogP contribution in [-0.4, -0.2) is 58.3 Å². The number of allylic oxidation sites excluding steroid dienone is 4. The number of nitrogens with zero attached hydrogens (tertiary/aromatic N) is 1. The van der Waals surface area contributed by atoms with E-state index in [1.807, 2.05) is 26.8 Å². The monoisotopic (exact) mass is 556 g/mol. The first-order valence-corrected chi connectivity index (χ1v) is 15.2. The molecule has 1 amide bonds. The Hall–Kier alpha value is -2.19. The number of rotatable bonds is 7. The molecule has 8 heteroatoms. The van der Waals surface area contributed by atoms with Crippen LogP contribution in [0.15, 0.2) is 29.0 Å². The number of oxime groups is 1. The lowest BCUT2D eigenvalue weighted by molar-refractivity contribution is -0.139. The van der Waals surface area contributed by atoms with Crippen molar-refractivity contribution in [1.82, 2.24) is 5.32 Å². The van der Waals surface area contributed by atoms with Crippen LogP contribution < -0.4 is 5.32 Å². The Morgan fingerprint density at radius 2 is 1.88 bits per heavy atom. The van der Waals surface area contributed by atoms with Crippen LogP contribution in [0.25, 0.3) is 0 Å². The van der Waals surface area contributed by atoms with Gasteiger partial charge >= 0.3 is 5.97 Å². The second kappa shape index (κ2) is 10.6. The van der Waals surface area contributed by atoms with E-state index in [2.05, 4.69) is 36.5 Å². The van der Waals surface area contributed by atoms with Crippen molar-refractivity contribution in [2.75, 3.05) is 13.2 Å². The molecule has 0 spiro atoms. The number of hydrogen-bond acceptors (Lipinski definition) is 6. The molecule has 1 heterocycles. The molecule has 3 N–H and O–H groups in total. The van der Waals surface area contributed by atoms with Gasteiger partial charge in [-0.15, -0.1) is 0 Å². The number of carbonyl (C=O) groups is 2. The highest BCUT2D eigenvalue weighted by Gasteiger charge is 2.62. The number of ether oxygens (including phenoxy) is 1. The van der Waals surface area contributed by atoms with Crippen molar-refractivity contribution < 1.29 is 29.4 Å². The summed E-state index contributed by atoms with van der Waals surface area (Å²) in [6.07, 6.45) is 14.0. The molecule has 0 aromatic carbocycles. The lowest BCUT2D eigenvalue weighted by Crippen LogP contribution is -2.53. The van der Waals surface area contributed by atoms with Gasteiger partial charge in [0, 0.05) is 18.1 Å². The lowest BCUT2D eigenvalue weighted by Gasteiger charge is -2.58. The van der Waals surface area contributed by atoms with E-state index in [1.54, 1.807) is 0 Å². The summed E-state index contributed by atoms with van der Waals surface area (Å²) >= 11 is 0. The van der Waals surface area contributed by atoms with Crippen LogP contribution in [0.3, 0.4) is 0 Å². The van der Waals surface area contributed by atoms with Crippen molar-refractivity contribution in [2.45, 2.75) is 110 Å². The maximum Gasteiger partial charge on any atom is 0.305 e. The summed E-state index contributed by atoms with van der Waals surface area (Å²) in [5, 5.41) is 27.7. The average molecular weight is 557 g/mol. The third-order valence-electron chi connectivity index (χ3n) is 11.5. The van der Waals surface area contributed by atoms with Crippen LogP contribution in [0.2, 0.25) is 0 Å². The van der Waals surface area contributed by atoms with Crippen molar-refractivity contribution >= 4 is 17.6 Å². The summed E-state index contributed by atoms with van der Waals surface area (Å²) in [5.41, 5.74) is 1.17. The smallest absolute Gasteiger partial charge is 0.305 e. The number of carbonyl (C=O) groups excluding carboxylic acids is 1. The molecule has 4 aliphatic carbocycles. The van der Waals surface area contributed by atoms with E-state index in [-0.39, 0.29) is 41.3 Å². The Morgan fingerprint density at radius 1 is 1.12 bits per heavy atom. The summed E-state index contributed by atoms with van der Waals surface area (Å²) in [6.45, 7) is 11.0. The Morgan fingerprint density at radius 3 is 2.60 bits per heavy atom. The van der Waals surface area contributed by atoms with Crippen molar-refractivity contribution in [2.24, 2.45) is 39.7 Å². The maximum absolute atomic E-state index is 12.7. The molecule has 8 atom stereocenters. The average Bonchev–Trinajstić information content (AvgIpc) is 3.11. The van der Waals surface area contributed by atoms with Crippen LogP contribution in [-0.2, 0) is 19.2 Å². The zero-order chi connectivity index (χ0) is 28.9. The molecule has 1 saturated heterocycles. The number of fused-ring (bicyclic) bond motifs is 5. The molecule has 4 fully saturated rings. The second-order valence-corrected chi connectivity index (χ2v) is 14.4. The lowest BCUT2D eigenvalue weighted by atomic mass is 9.47. The minimum absolute atomic E-state index is 0.00952. The van der Waals surface area contributed by atoms with Gasteiger partial charge in [0.2, 0.25) is 0 Å². The number of carboxylic acid groups (broad SMARTS) is 1. The van der Waals surface area contributed by atoms with Gasteiger partial charge in [-0.3, -0.25) is 9.59 Å². The Labute approximate surface area is 238 Å². The van der Waals surface area contributed by atoms with Gasteiger partial charge in [-0.25, -0.2) is 0 Å². The van der Waals surface area contributed by atoms with E-state index in [0.717, 1.165) is 38.5 Å². The molecule has 0 bridgehead atoms. The highest BCUT2D eigenvalue weighted by atomic mass is 16.6. The fourth-order valence-electron chi connectivity index (χ4n) is 9.07. The van der Waals surface area contributed by atoms with Gasteiger partial charge in [0.25, 0.3) is 5.91 Å². The Balaban J connectivity index is 1.19. The highest BCUT2D eigenvalue weighted by Crippen LogP contribution is 2.66. The van der Waals surface area contributed by atoms with E-state index >= 15 is 0 Å². The molecular formula is C32H48N2O6. The molecule has 222 valence electrons. The molecule has 5 rings (SSSR count). The van der Waals surface area contributed by atoms with Crippen LogP contribution in [0.1, 0.15) is 92.4 Å². The number of carboxylic acids is 1. The van der Waals surface area contributed by atoms with Crippen molar-refractivity contribution in [3.63, 3.8) is 0 Å². The molecule has 0 unspecified atom stereocenters. The molecule has 0 radical (unpaired) electrons. The van der Waals surface area contributed by atoms with E-state index in [1.165, 1.54) is 5.57 Å². The van der Waals surface area contributed by atoms with Gasteiger partial charge in [0.15, 0.2) is 6.61 Å². The van der Waals surface area contributed by atoms with E-state index in [4.69, 9.17) is 9.57 Å². The summed E-state index contributed by atoms with van der Waals surface area (Å²) in [4.78, 5) is 29.6. The molecule has 8 nitrogen and oxygen atoms in total. The molecule has 0 aromatic rings. The molecular weight excluding hydrogens is 508 g/mol. The van der Waals surface area contributed by atoms with Crippen LogP contribution in [0.4, 0.5) is 0 Å². The highest BCUT2D eigenvalue weighted by molar-refractivity contribution is 6.05. The third kappa shape index (κ3) is 5.38. The normalized spacial score (nSPS) is 41.8. The fourth-order valence-corrected chi connectivity index (χ4v) is 9.07. The predicted octanol–water partition coefficient (Wildman–Crippen LogP) is 5.01. The summed E-state index contributed by atoms with van der Waals surface area (Å²) in [7, 11) is 0. The minimum atomic E-state index is -0.937. The van der Waals surface area contributed by atoms with E-state index in [9.17, 15) is 19.8 Å². The summed E-state index contributed by atoms with van der Waals surface area (Å²) in [6, 6.07) is -0.474.